The number of ether oxygens (including phenoxy) is 1. The maximum atomic E-state index is 13.3. The molecule has 3 N–H and O–H groups in total. The molecule has 1 saturated heterocycles. The number of amides is 2. The molecule has 0 radical (unpaired) electrons. The van der Waals surface area contributed by atoms with Crippen LogP contribution < -0.4 is 11.1 Å². The van der Waals surface area contributed by atoms with Gasteiger partial charge in [-0.2, -0.15) is 0 Å². The van der Waals surface area contributed by atoms with Gasteiger partial charge in [-0.3, -0.25) is 14.4 Å². The molecule has 0 bridgehead atoms. The van der Waals surface area contributed by atoms with Crippen molar-refractivity contribution in [2.45, 2.75) is 44.8 Å². The molecule has 2 rings (SSSR count). The number of carbonyl (C=O) groups is 3. The molecule has 154 valence electrons. The topological polar surface area (TPSA) is 102 Å². The molecule has 3 atom stereocenters. The number of hydrogen-bond acceptors (Lipinski definition) is 5. The number of carbonyl (C=O) groups excluding carboxylic acids is 3. The van der Waals surface area contributed by atoms with E-state index in [2.05, 4.69) is 5.32 Å². The lowest BCUT2D eigenvalue weighted by Gasteiger charge is -2.34. The maximum Gasteiger partial charge on any atom is 0.228 e. The molecule has 1 aromatic rings. The Morgan fingerprint density at radius 2 is 1.93 bits per heavy atom. The lowest BCUT2D eigenvalue weighted by atomic mass is 9.72. The zero-order valence-corrected chi connectivity index (χ0v) is 17.1. The Kier molecular flexibility index (Phi) is 7.32. The average Bonchev–Trinajstić information content (AvgIpc) is 2.92. The van der Waals surface area contributed by atoms with E-state index in [1.807, 2.05) is 63.2 Å². The molecular formula is C21H31N3O4. The first kappa shape index (κ1) is 22.0. The normalized spacial score (nSPS) is 21.0. The molecule has 1 aliphatic heterocycles. The maximum absolute atomic E-state index is 13.3. The van der Waals surface area contributed by atoms with Gasteiger partial charge in [-0.05, 0) is 31.5 Å². The van der Waals surface area contributed by atoms with Crippen molar-refractivity contribution < 1.29 is 19.1 Å². The first-order chi connectivity index (χ1) is 13.1. The molecule has 0 saturated carbocycles. The summed E-state index contributed by atoms with van der Waals surface area (Å²) < 4.78 is 5.60. The summed E-state index contributed by atoms with van der Waals surface area (Å²) in [6, 6.07) is 8.58. The van der Waals surface area contributed by atoms with Gasteiger partial charge in [0.2, 0.25) is 11.8 Å². The Bertz CT molecular complexity index is 703. The third-order valence-corrected chi connectivity index (χ3v) is 5.12. The summed E-state index contributed by atoms with van der Waals surface area (Å²) in [7, 11) is 3.89. The number of rotatable bonds is 9. The van der Waals surface area contributed by atoms with Gasteiger partial charge in [0.05, 0.1) is 12.0 Å². The van der Waals surface area contributed by atoms with E-state index in [-0.39, 0.29) is 30.8 Å². The highest BCUT2D eigenvalue weighted by atomic mass is 16.5. The van der Waals surface area contributed by atoms with Crippen molar-refractivity contribution in [3.05, 3.63) is 35.9 Å². The van der Waals surface area contributed by atoms with Crippen molar-refractivity contribution >= 4 is 17.6 Å². The van der Waals surface area contributed by atoms with E-state index in [9.17, 15) is 14.4 Å². The van der Waals surface area contributed by atoms with Crippen LogP contribution >= 0.6 is 0 Å². The van der Waals surface area contributed by atoms with Crippen LogP contribution in [0.15, 0.2) is 30.3 Å². The lowest BCUT2D eigenvalue weighted by molar-refractivity contribution is -0.130. The zero-order chi connectivity index (χ0) is 20.9. The molecule has 1 aliphatic rings. The van der Waals surface area contributed by atoms with E-state index in [0.717, 1.165) is 12.1 Å². The highest BCUT2D eigenvalue weighted by molar-refractivity contribution is 5.94. The summed E-state index contributed by atoms with van der Waals surface area (Å²) in [5.74, 6) is -1.51. The van der Waals surface area contributed by atoms with E-state index in [4.69, 9.17) is 10.5 Å². The predicted molar refractivity (Wildman–Crippen MR) is 107 cm³/mol. The summed E-state index contributed by atoms with van der Waals surface area (Å²) >= 11 is 0. The minimum Gasteiger partial charge on any atom is -0.370 e. The highest BCUT2D eigenvalue weighted by Crippen LogP contribution is 2.39. The number of Topliss-reactive ketones (excluding diaryl/α,β-unsaturated/α-hetero) is 1. The standard InChI is InChI=1S/C21H31N3O4/c1-21(2,12-17(22)26)18(14-8-6-5-7-9-14)20(27)23-19-15(25)13-28-16(19)10-11-24(3)4/h5-9,16,18-19H,10-13H2,1-4H3,(H2,22,26)(H,23,27). The number of primary amides is 1. The molecule has 3 unspecified atom stereocenters. The molecule has 1 heterocycles. The molecule has 1 aromatic carbocycles. The van der Waals surface area contributed by atoms with E-state index in [1.54, 1.807) is 0 Å². The monoisotopic (exact) mass is 389 g/mol. The van der Waals surface area contributed by atoms with E-state index in [0.29, 0.717) is 6.42 Å². The van der Waals surface area contributed by atoms with Crippen LogP contribution in [0.4, 0.5) is 0 Å². The van der Waals surface area contributed by atoms with Crippen LogP contribution in [0, 0.1) is 5.41 Å². The SMILES string of the molecule is CN(C)CCC1OCC(=O)C1NC(=O)C(c1ccccc1)C(C)(C)CC(N)=O. The van der Waals surface area contributed by atoms with Gasteiger partial charge in [-0.1, -0.05) is 44.2 Å². The molecule has 1 fully saturated rings. The summed E-state index contributed by atoms with van der Waals surface area (Å²) in [5, 5.41) is 2.90. The molecule has 7 nitrogen and oxygen atoms in total. The molecule has 7 heteroatoms. The minimum atomic E-state index is -0.709. The number of nitrogens with one attached hydrogen (secondary N) is 1. The van der Waals surface area contributed by atoms with Crippen LogP contribution in [0.1, 0.15) is 38.2 Å². The Labute approximate surface area is 166 Å². The largest absolute Gasteiger partial charge is 0.370 e. The predicted octanol–water partition coefficient (Wildman–Crippen LogP) is 1.08. The van der Waals surface area contributed by atoms with Crippen molar-refractivity contribution in [2.75, 3.05) is 27.2 Å². The minimum absolute atomic E-state index is 0.00369. The molecular weight excluding hydrogens is 358 g/mol. The molecule has 2 amide bonds. The number of nitrogens with zero attached hydrogens (tertiary/aromatic N) is 1. The van der Waals surface area contributed by atoms with E-state index >= 15 is 0 Å². The van der Waals surface area contributed by atoms with Crippen molar-refractivity contribution in [1.82, 2.24) is 10.2 Å². The second-order valence-electron chi connectivity index (χ2n) is 8.37. The lowest BCUT2D eigenvalue weighted by Crippen LogP contribution is -2.49. The third-order valence-electron chi connectivity index (χ3n) is 5.12. The van der Waals surface area contributed by atoms with Crippen LogP contribution in [0.3, 0.4) is 0 Å². The van der Waals surface area contributed by atoms with Crippen LogP contribution in [-0.4, -0.2) is 61.9 Å². The van der Waals surface area contributed by atoms with Crippen LogP contribution in [-0.2, 0) is 19.1 Å². The summed E-state index contributed by atoms with van der Waals surface area (Å²) in [6.07, 6.45) is 0.346. The summed E-state index contributed by atoms with van der Waals surface area (Å²) in [4.78, 5) is 39.2. The van der Waals surface area contributed by atoms with Gasteiger partial charge in [0, 0.05) is 13.0 Å². The Balaban J connectivity index is 2.24. The first-order valence-electron chi connectivity index (χ1n) is 9.54. The Morgan fingerprint density at radius 1 is 1.29 bits per heavy atom. The summed E-state index contributed by atoms with van der Waals surface area (Å²) in [6.45, 7) is 4.43. The highest BCUT2D eigenvalue weighted by Gasteiger charge is 2.42. The molecule has 0 spiro atoms. The smallest absolute Gasteiger partial charge is 0.228 e. The quantitative estimate of drug-likeness (QED) is 0.658. The van der Waals surface area contributed by atoms with E-state index < -0.39 is 23.3 Å². The number of nitrogens with two attached hydrogens (primary N) is 1. The summed E-state index contributed by atoms with van der Waals surface area (Å²) in [5.41, 5.74) is 5.49. The average molecular weight is 389 g/mol. The third kappa shape index (κ3) is 5.62. The fourth-order valence-corrected chi connectivity index (χ4v) is 3.78. The number of ketones is 1. The molecule has 28 heavy (non-hydrogen) atoms. The van der Waals surface area contributed by atoms with Crippen molar-refractivity contribution in [3.63, 3.8) is 0 Å². The van der Waals surface area contributed by atoms with Gasteiger partial charge >= 0.3 is 0 Å². The van der Waals surface area contributed by atoms with Gasteiger partial charge in [0.15, 0.2) is 5.78 Å². The van der Waals surface area contributed by atoms with Crippen molar-refractivity contribution in [2.24, 2.45) is 11.1 Å². The van der Waals surface area contributed by atoms with Crippen LogP contribution in [0.5, 0.6) is 0 Å². The first-order valence-corrected chi connectivity index (χ1v) is 9.54. The van der Waals surface area contributed by atoms with Gasteiger partial charge < -0.3 is 20.7 Å². The van der Waals surface area contributed by atoms with Gasteiger partial charge in [-0.25, -0.2) is 0 Å². The number of benzene rings is 1. The van der Waals surface area contributed by atoms with Crippen LogP contribution in [0.25, 0.3) is 0 Å². The van der Waals surface area contributed by atoms with Crippen molar-refractivity contribution in [3.8, 4) is 0 Å². The fourth-order valence-electron chi connectivity index (χ4n) is 3.78. The zero-order valence-electron chi connectivity index (χ0n) is 17.1. The fraction of sp³-hybridized carbons (Fsp3) is 0.571. The van der Waals surface area contributed by atoms with E-state index in [1.165, 1.54) is 0 Å². The number of hydrogen-bond donors (Lipinski definition) is 2. The van der Waals surface area contributed by atoms with Crippen LogP contribution in [0.2, 0.25) is 0 Å². The second-order valence-corrected chi connectivity index (χ2v) is 8.37. The van der Waals surface area contributed by atoms with Crippen molar-refractivity contribution in [1.29, 1.82) is 0 Å². The molecule has 0 aliphatic carbocycles. The van der Waals surface area contributed by atoms with Gasteiger partial charge in [-0.15, -0.1) is 0 Å². The van der Waals surface area contributed by atoms with Gasteiger partial charge in [0.1, 0.15) is 12.6 Å². The second kappa shape index (κ2) is 9.30. The van der Waals surface area contributed by atoms with Gasteiger partial charge in [0.25, 0.3) is 0 Å². The Hall–Kier alpha value is -2.25. The Morgan fingerprint density at radius 3 is 2.50 bits per heavy atom. The molecule has 0 aromatic heterocycles.